The molecule has 0 spiro atoms. The molecule has 0 unspecified atom stereocenters. The van der Waals surface area contributed by atoms with Gasteiger partial charge in [0.05, 0.1) is 19.2 Å². The highest BCUT2D eigenvalue weighted by molar-refractivity contribution is 5.79. The first-order chi connectivity index (χ1) is 11.1. The Bertz CT molecular complexity index is 576. The zero-order valence-electron chi connectivity index (χ0n) is 13.6. The normalized spacial score (nSPS) is 24.6. The highest BCUT2D eigenvalue weighted by atomic mass is 16.2. The van der Waals surface area contributed by atoms with E-state index in [-0.39, 0.29) is 5.91 Å². The Hall–Kier alpha value is -1.94. The lowest BCUT2D eigenvalue weighted by Crippen LogP contribution is -2.53. The van der Waals surface area contributed by atoms with Crippen molar-refractivity contribution in [2.75, 3.05) is 13.1 Å². The first-order valence-electron chi connectivity index (χ1n) is 8.39. The Morgan fingerprint density at radius 3 is 2.91 bits per heavy atom. The molecule has 1 aromatic heterocycles. The van der Waals surface area contributed by atoms with E-state index < -0.39 is 5.54 Å². The fourth-order valence-corrected chi connectivity index (χ4v) is 3.41. The lowest BCUT2D eigenvalue weighted by molar-refractivity contribution is -0.124. The third kappa shape index (κ3) is 3.88. The Labute approximate surface area is 136 Å². The van der Waals surface area contributed by atoms with Crippen LogP contribution in [0.25, 0.3) is 0 Å². The minimum absolute atomic E-state index is 0.0496. The highest BCUT2D eigenvalue weighted by Gasteiger charge is 2.43. The largest absolute Gasteiger partial charge is 0.337 e. The molecule has 7 nitrogen and oxygen atoms in total. The third-order valence-corrected chi connectivity index (χ3v) is 4.99. The minimum Gasteiger partial charge on any atom is -0.337 e. The maximum atomic E-state index is 12.4. The summed E-state index contributed by atoms with van der Waals surface area (Å²) in [4.78, 5) is 18.6. The van der Waals surface area contributed by atoms with Crippen LogP contribution in [0.2, 0.25) is 0 Å². The van der Waals surface area contributed by atoms with Crippen molar-refractivity contribution in [3.8, 4) is 6.07 Å². The lowest BCUT2D eigenvalue weighted by atomic mass is 9.97. The standard InChI is InChI=1S/C16H24N6O/c1-16(10-17,13-5-6-13)20-15(23)9-21-7-3-2-4-14(21)8-22-12-18-11-19-22/h11-14H,2-9H2,1H3,(H,20,23)/t14-,16-/m1/s1. The number of nitrogens with zero attached hydrogens (tertiary/aromatic N) is 5. The fraction of sp³-hybridized carbons (Fsp3) is 0.750. The van der Waals surface area contributed by atoms with E-state index in [1.165, 1.54) is 12.7 Å². The van der Waals surface area contributed by atoms with Crippen molar-refractivity contribution >= 4 is 5.91 Å². The first kappa shape index (κ1) is 15.9. The van der Waals surface area contributed by atoms with Gasteiger partial charge in [-0.15, -0.1) is 0 Å². The van der Waals surface area contributed by atoms with Crippen LogP contribution in [0.15, 0.2) is 12.7 Å². The van der Waals surface area contributed by atoms with Crippen LogP contribution in [0, 0.1) is 17.2 Å². The highest BCUT2D eigenvalue weighted by Crippen LogP contribution is 2.39. The summed E-state index contributed by atoms with van der Waals surface area (Å²) in [6.45, 7) is 3.86. The summed E-state index contributed by atoms with van der Waals surface area (Å²) >= 11 is 0. The molecule has 0 aromatic carbocycles. The number of amides is 1. The minimum atomic E-state index is -0.714. The summed E-state index contributed by atoms with van der Waals surface area (Å²) in [6.07, 6.45) is 8.66. The number of rotatable bonds is 6. The number of piperidine rings is 1. The van der Waals surface area contributed by atoms with E-state index in [1.807, 2.05) is 11.6 Å². The Morgan fingerprint density at radius 1 is 1.43 bits per heavy atom. The van der Waals surface area contributed by atoms with Gasteiger partial charge >= 0.3 is 0 Å². The van der Waals surface area contributed by atoms with Crippen LogP contribution < -0.4 is 5.32 Å². The molecule has 7 heteroatoms. The number of hydrogen-bond donors (Lipinski definition) is 1. The number of nitrogens with one attached hydrogen (secondary N) is 1. The van der Waals surface area contributed by atoms with Gasteiger partial charge in [0.1, 0.15) is 18.2 Å². The van der Waals surface area contributed by atoms with Gasteiger partial charge in [-0.1, -0.05) is 6.42 Å². The van der Waals surface area contributed by atoms with E-state index in [0.29, 0.717) is 18.5 Å². The molecule has 1 aromatic rings. The van der Waals surface area contributed by atoms with Gasteiger partial charge in [0.25, 0.3) is 0 Å². The Kier molecular flexibility index (Phi) is 4.62. The average Bonchev–Trinajstić information content (AvgIpc) is 3.28. The van der Waals surface area contributed by atoms with Crippen LogP contribution in [0.4, 0.5) is 0 Å². The molecular formula is C16H24N6O. The van der Waals surface area contributed by atoms with E-state index in [0.717, 1.165) is 38.8 Å². The molecular weight excluding hydrogens is 292 g/mol. The summed E-state index contributed by atoms with van der Waals surface area (Å²) in [5.41, 5.74) is -0.714. The van der Waals surface area contributed by atoms with Gasteiger partial charge < -0.3 is 5.32 Å². The second-order valence-electron chi connectivity index (χ2n) is 6.87. The second-order valence-corrected chi connectivity index (χ2v) is 6.87. The van der Waals surface area contributed by atoms with Crippen molar-refractivity contribution in [1.29, 1.82) is 5.26 Å². The number of nitriles is 1. The van der Waals surface area contributed by atoms with Gasteiger partial charge in [-0.05, 0) is 45.1 Å². The molecule has 1 amide bonds. The molecule has 1 aliphatic heterocycles. The third-order valence-electron chi connectivity index (χ3n) is 4.99. The average molecular weight is 316 g/mol. The maximum absolute atomic E-state index is 12.4. The zero-order valence-corrected chi connectivity index (χ0v) is 13.6. The maximum Gasteiger partial charge on any atom is 0.235 e. The summed E-state index contributed by atoms with van der Waals surface area (Å²) < 4.78 is 1.82. The lowest BCUT2D eigenvalue weighted by Gasteiger charge is -2.35. The first-order valence-corrected chi connectivity index (χ1v) is 8.39. The van der Waals surface area contributed by atoms with E-state index >= 15 is 0 Å². The summed E-state index contributed by atoms with van der Waals surface area (Å²) in [7, 11) is 0. The van der Waals surface area contributed by atoms with E-state index in [1.54, 1.807) is 6.33 Å². The Morgan fingerprint density at radius 2 is 2.26 bits per heavy atom. The molecule has 2 atom stereocenters. The van der Waals surface area contributed by atoms with Crippen molar-refractivity contribution in [2.45, 2.75) is 57.2 Å². The summed E-state index contributed by atoms with van der Waals surface area (Å²) in [5.74, 6) is 0.259. The quantitative estimate of drug-likeness (QED) is 0.844. The second kappa shape index (κ2) is 6.67. The van der Waals surface area contributed by atoms with Crippen LogP contribution in [-0.2, 0) is 11.3 Å². The fourth-order valence-electron chi connectivity index (χ4n) is 3.41. The van der Waals surface area contributed by atoms with E-state index in [9.17, 15) is 10.1 Å². The van der Waals surface area contributed by atoms with Crippen molar-refractivity contribution in [3.63, 3.8) is 0 Å². The van der Waals surface area contributed by atoms with Gasteiger partial charge in [0.15, 0.2) is 0 Å². The predicted octanol–water partition coefficient (Wildman–Crippen LogP) is 0.941. The van der Waals surface area contributed by atoms with Crippen LogP contribution in [0.3, 0.4) is 0 Å². The van der Waals surface area contributed by atoms with Gasteiger partial charge in [0, 0.05) is 6.04 Å². The predicted molar refractivity (Wildman–Crippen MR) is 84.1 cm³/mol. The van der Waals surface area contributed by atoms with Crippen molar-refractivity contribution < 1.29 is 4.79 Å². The number of carbonyl (C=O) groups is 1. The number of likely N-dealkylation sites (tertiary alicyclic amines) is 1. The SMILES string of the molecule is C[C@](C#N)(NC(=O)CN1CCCC[C@@H]1Cn1cncn1)C1CC1. The van der Waals surface area contributed by atoms with Crippen LogP contribution >= 0.6 is 0 Å². The summed E-state index contributed by atoms with van der Waals surface area (Å²) in [5, 5.41) is 16.5. The van der Waals surface area contributed by atoms with Gasteiger partial charge in [-0.3, -0.25) is 14.4 Å². The zero-order chi connectivity index (χ0) is 16.3. The molecule has 1 N–H and O–H groups in total. The van der Waals surface area contributed by atoms with Crippen LogP contribution in [0.5, 0.6) is 0 Å². The van der Waals surface area contributed by atoms with Crippen molar-refractivity contribution in [2.24, 2.45) is 5.92 Å². The number of carbonyl (C=O) groups excluding carboxylic acids is 1. The molecule has 1 aliphatic carbocycles. The molecule has 1 saturated carbocycles. The molecule has 3 rings (SSSR count). The van der Waals surface area contributed by atoms with Gasteiger partial charge in [0.2, 0.25) is 5.91 Å². The molecule has 0 radical (unpaired) electrons. The molecule has 2 fully saturated rings. The molecule has 2 aliphatic rings. The molecule has 1 saturated heterocycles. The van der Waals surface area contributed by atoms with E-state index in [2.05, 4.69) is 26.4 Å². The smallest absolute Gasteiger partial charge is 0.235 e. The van der Waals surface area contributed by atoms with Gasteiger partial charge in [-0.2, -0.15) is 10.4 Å². The monoisotopic (exact) mass is 316 g/mol. The Balaban J connectivity index is 1.58. The number of hydrogen-bond acceptors (Lipinski definition) is 5. The molecule has 23 heavy (non-hydrogen) atoms. The molecule has 0 bridgehead atoms. The van der Waals surface area contributed by atoms with Crippen molar-refractivity contribution in [1.82, 2.24) is 25.0 Å². The van der Waals surface area contributed by atoms with Crippen LogP contribution in [-0.4, -0.2) is 50.2 Å². The van der Waals surface area contributed by atoms with Crippen molar-refractivity contribution in [3.05, 3.63) is 12.7 Å². The number of aromatic nitrogens is 3. The van der Waals surface area contributed by atoms with Crippen LogP contribution in [0.1, 0.15) is 39.0 Å². The van der Waals surface area contributed by atoms with E-state index in [4.69, 9.17) is 0 Å². The molecule has 2 heterocycles. The van der Waals surface area contributed by atoms with Gasteiger partial charge in [-0.25, -0.2) is 4.98 Å². The topological polar surface area (TPSA) is 86.8 Å². The summed E-state index contributed by atoms with van der Waals surface area (Å²) in [6, 6.07) is 2.58. The molecule has 124 valence electrons.